The molecule has 0 bridgehead atoms. The van der Waals surface area contributed by atoms with Gasteiger partial charge in [0, 0.05) is 29.2 Å². The number of hydrazine groups is 1. The van der Waals surface area contributed by atoms with Crippen LogP contribution in [0.15, 0.2) is 18.3 Å². The number of carbonyl (C=O) groups excluding carboxylic acids is 1. The highest BCUT2D eigenvalue weighted by Crippen LogP contribution is 2.48. The van der Waals surface area contributed by atoms with E-state index in [9.17, 15) is 9.90 Å². The third-order valence-electron chi connectivity index (χ3n) is 5.14. The molecule has 0 spiro atoms. The van der Waals surface area contributed by atoms with Crippen molar-refractivity contribution in [3.05, 3.63) is 50.5 Å². The fourth-order valence-electron chi connectivity index (χ4n) is 3.86. The van der Waals surface area contributed by atoms with Crippen LogP contribution in [0.4, 0.5) is 11.6 Å². The van der Waals surface area contributed by atoms with E-state index in [1.807, 2.05) is 38.9 Å². The molecule has 4 rings (SSSR count). The predicted octanol–water partition coefficient (Wildman–Crippen LogP) is 2.61. The number of carbonyl (C=O) groups is 1. The van der Waals surface area contributed by atoms with E-state index < -0.39 is 5.91 Å². The number of aromatic nitrogens is 2. The van der Waals surface area contributed by atoms with Gasteiger partial charge in [0.25, 0.3) is 5.91 Å². The molecule has 3 aromatic rings. The van der Waals surface area contributed by atoms with Crippen LogP contribution in [0.1, 0.15) is 43.0 Å². The molecule has 28 heavy (non-hydrogen) atoms. The molecule has 3 heterocycles. The van der Waals surface area contributed by atoms with Gasteiger partial charge in [-0.3, -0.25) is 9.36 Å². The molecule has 0 fully saturated rings. The molecule has 2 aromatic heterocycles. The number of nitrogens with two attached hydrogens (primary N) is 2. The molecule has 1 amide bonds. The maximum atomic E-state index is 12.4. The predicted molar refractivity (Wildman–Crippen MR) is 110 cm³/mol. The van der Waals surface area contributed by atoms with Gasteiger partial charge in [0.15, 0.2) is 0 Å². The lowest BCUT2D eigenvalue weighted by molar-refractivity contribution is 0.0999. The summed E-state index contributed by atoms with van der Waals surface area (Å²) in [5.41, 5.74) is 18.7. The molecule has 0 saturated carbocycles. The van der Waals surface area contributed by atoms with Crippen LogP contribution in [-0.4, -0.2) is 32.6 Å². The van der Waals surface area contributed by atoms with Crippen LogP contribution in [0.3, 0.4) is 0 Å². The normalized spacial score (nSPS) is 16.2. The second kappa shape index (κ2) is 6.25. The number of amides is 1. The van der Waals surface area contributed by atoms with Crippen LogP contribution < -0.4 is 16.9 Å². The van der Waals surface area contributed by atoms with E-state index in [-0.39, 0.29) is 23.2 Å². The Kier molecular flexibility index (Phi) is 4.09. The third-order valence-corrected chi connectivity index (χ3v) is 6.10. The minimum atomic E-state index is -0.599. The van der Waals surface area contributed by atoms with Gasteiger partial charge in [0.2, 0.25) is 0 Å². The zero-order valence-corrected chi connectivity index (χ0v) is 16.9. The van der Waals surface area contributed by atoms with E-state index in [1.54, 1.807) is 28.2 Å². The van der Waals surface area contributed by atoms with E-state index in [4.69, 9.17) is 11.5 Å². The Morgan fingerprint density at radius 1 is 1.32 bits per heavy atom. The number of benzene rings is 1. The van der Waals surface area contributed by atoms with Gasteiger partial charge in [-0.15, -0.1) is 11.3 Å². The number of aromatic hydroxyl groups is 1. The van der Waals surface area contributed by atoms with E-state index >= 15 is 0 Å². The SMILES string of the molecule is Cc1cnc(C2c3c(C(N)=O)c(N)n(-c4c(C)ccc(O)c4C)c3NN2C)s1. The van der Waals surface area contributed by atoms with Gasteiger partial charge in [-0.25, -0.2) is 9.99 Å². The molecule has 6 N–H and O–H groups in total. The molecule has 1 aliphatic heterocycles. The zero-order valence-electron chi connectivity index (χ0n) is 16.1. The van der Waals surface area contributed by atoms with E-state index in [1.165, 1.54) is 0 Å². The van der Waals surface area contributed by atoms with Gasteiger partial charge in [0.1, 0.15) is 28.4 Å². The molecule has 9 heteroatoms. The molecule has 1 atom stereocenters. The molecule has 8 nitrogen and oxygen atoms in total. The van der Waals surface area contributed by atoms with Gasteiger partial charge in [-0.1, -0.05) is 6.07 Å². The fourth-order valence-corrected chi connectivity index (χ4v) is 4.79. The Bertz CT molecular complexity index is 1120. The lowest BCUT2D eigenvalue weighted by atomic mass is 10.1. The highest BCUT2D eigenvalue weighted by molar-refractivity contribution is 7.11. The summed E-state index contributed by atoms with van der Waals surface area (Å²) in [4.78, 5) is 17.9. The van der Waals surface area contributed by atoms with Crippen molar-refractivity contribution >= 4 is 28.9 Å². The quantitative estimate of drug-likeness (QED) is 0.538. The lowest BCUT2D eigenvalue weighted by Crippen LogP contribution is -2.27. The van der Waals surface area contributed by atoms with E-state index in [0.29, 0.717) is 16.9 Å². The highest BCUT2D eigenvalue weighted by atomic mass is 32.1. The molecule has 0 radical (unpaired) electrons. The van der Waals surface area contributed by atoms with E-state index in [2.05, 4.69) is 10.4 Å². The van der Waals surface area contributed by atoms with Crippen LogP contribution in [0.25, 0.3) is 5.69 Å². The summed E-state index contributed by atoms with van der Waals surface area (Å²) in [5, 5.41) is 13.0. The average molecular weight is 398 g/mol. The van der Waals surface area contributed by atoms with Gasteiger partial charge < -0.3 is 22.0 Å². The molecular weight excluding hydrogens is 376 g/mol. The van der Waals surface area contributed by atoms with E-state index in [0.717, 1.165) is 21.1 Å². The second-order valence-electron chi connectivity index (χ2n) is 7.03. The number of nitrogens with one attached hydrogen (secondary N) is 1. The number of phenols is 1. The summed E-state index contributed by atoms with van der Waals surface area (Å²) < 4.78 is 1.76. The molecule has 146 valence electrons. The first-order chi connectivity index (χ1) is 13.2. The van der Waals surface area contributed by atoms with Crippen LogP contribution in [0.5, 0.6) is 5.75 Å². The largest absolute Gasteiger partial charge is 0.508 e. The standard InChI is InChI=1S/C19H22N6O2S/c1-8-5-6-11(26)10(3)14(8)25-16(20)13(17(21)27)12-15(24(4)23-18(12)25)19-22-7-9(2)28-19/h5-7,15,23,26H,20H2,1-4H3,(H2,21,27). The number of aryl methyl sites for hydroxylation is 2. The smallest absolute Gasteiger partial charge is 0.252 e. The minimum absolute atomic E-state index is 0.154. The number of nitrogens with zero attached hydrogens (tertiary/aromatic N) is 3. The third kappa shape index (κ3) is 2.47. The molecule has 1 unspecified atom stereocenters. The fraction of sp³-hybridized carbons (Fsp3) is 0.263. The number of phenolic OH excluding ortho intramolecular Hbond substituents is 1. The van der Waals surface area contributed by atoms with Crippen molar-refractivity contribution in [2.75, 3.05) is 18.2 Å². The van der Waals surface area contributed by atoms with Crippen molar-refractivity contribution in [3.63, 3.8) is 0 Å². The summed E-state index contributed by atoms with van der Waals surface area (Å²) in [6.07, 6.45) is 1.81. The summed E-state index contributed by atoms with van der Waals surface area (Å²) in [6.45, 7) is 5.73. The Morgan fingerprint density at radius 3 is 2.64 bits per heavy atom. The number of fused-ring (bicyclic) bond motifs is 1. The number of hydrogen-bond acceptors (Lipinski definition) is 7. The van der Waals surface area contributed by atoms with Crippen molar-refractivity contribution in [1.29, 1.82) is 0 Å². The molecule has 1 aliphatic rings. The number of anilines is 2. The van der Waals surface area contributed by atoms with Crippen molar-refractivity contribution in [1.82, 2.24) is 14.6 Å². The first-order valence-corrected chi connectivity index (χ1v) is 9.59. The van der Waals surface area contributed by atoms with Crippen LogP contribution in [0, 0.1) is 20.8 Å². The van der Waals surface area contributed by atoms with Crippen LogP contribution >= 0.6 is 11.3 Å². The van der Waals surface area contributed by atoms with Crippen molar-refractivity contribution < 1.29 is 9.90 Å². The number of nitrogen functional groups attached to an aromatic ring is 1. The van der Waals surface area contributed by atoms with Gasteiger partial charge in [0.05, 0.1) is 11.3 Å². The molecule has 1 aromatic carbocycles. The number of hydrogen-bond donors (Lipinski definition) is 4. The Morgan fingerprint density at radius 2 is 2.04 bits per heavy atom. The van der Waals surface area contributed by atoms with Crippen molar-refractivity contribution in [2.24, 2.45) is 5.73 Å². The maximum Gasteiger partial charge on any atom is 0.252 e. The summed E-state index contributed by atoms with van der Waals surface area (Å²) in [6, 6.07) is 3.16. The molecule has 0 aliphatic carbocycles. The Hall–Kier alpha value is -3.04. The van der Waals surface area contributed by atoms with Crippen molar-refractivity contribution in [3.8, 4) is 11.4 Å². The minimum Gasteiger partial charge on any atom is -0.508 e. The Labute approximate surface area is 166 Å². The average Bonchev–Trinajstić information content (AvgIpc) is 3.25. The zero-order chi connectivity index (χ0) is 20.3. The van der Waals surface area contributed by atoms with Gasteiger partial charge in [-0.05, 0) is 32.4 Å². The maximum absolute atomic E-state index is 12.4. The number of thiazole rings is 1. The molecular formula is C19H22N6O2S. The first-order valence-electron chi connectivity index (χ1n) is 8.77. The number of primary amides is 1. The monoisotopic (exact) mass is 398 g/mol. The highest BCUT2D eigenvalue weighted by Gasteiger charge is 2.40. The van der Waals surface area contributed by atoms with Crippen LogP contribution in [0.2, 0.25) is 0 Å². The topological polar surface area (TPSA) is 122 Å². The number of rotatable bonds is 3. The second-order valence-corrected chi connectivity index (χ2v) is 8.30. The van der Waals surface area contributed by atoms with Gasteiger partial charge in [-0.2, -0.15) is 0 Å². The lowest BCUT2D eigenvalue weighted by Gasteiger charge is -2.21. The van der Waals surface area contributed by atoms with Crippen LogP contribution in [-0.2, 0) is 0 Å². The van der Waals surface area contributed by atoms with Gasteiger partial charge >= 0.3 is 0 Å². The van der Waals surface area contributed by atoms with Crippen molar-refractivity contribution in [2.45, 2.75) is 26.8 Å². The molecule has 0 saturated heterocycles. The Balaban J connectivity index is 2.05. The summed E-state index contributed by atoms with van der Waals surface area (Å²) in [7, 11) is 1.88. The summed E-state index contributed by atoms with van der Waals surface area (Å²) in [5.74, 6) is 0.455. The first kappa shape index (κ1) is 18.3. The summed E-state index contributed by atoms with van der Waals surface area (Å²) >= 11 is 1.56.